The number of carbonyl (C=O) groups excluding carboxylic acids is 1. The quantitative estimate of drug-likeness (QED) is 0.812. The third kappa shape index (κ3) is 3.83. The number of hydrogen-bond donors (Lipinski definition) is 0. The molecule has 2 saturated heterocycles. The maximum absolute atomic E-state index is 13.3. The van der Waals surface area contributed by atoms with E-state index in [1.165, 1.54) is 50.5 Å². The monoisotopic (exact) mass is 358 g/mol. The van der Waals surface area contributed by atoms with E-state index in [9.17, 15) is 4.79 Å². The van der Waals surface area contributed by atoms with Crippen LogP contribution in [-0.4, -0.2) is 51.7 Å². The van der Waals surface area contributed by atoms with Gasteiger partial charge in [0.2, 0.25) is 5.91 Å². The van der Waals surface area contributed by atoms with Gasteiger partial charge in [-0.05, 0) is 38.1 Å². The van der Waals surface area contributed by atoms with Crippen molar-refractivity contribution in [2.45, 2.75) is 64.3 Å². The van der Waals surface area contributed by atoms with E-state index in [1.807, 2.05) is 17.9 Å². The second-order valence-electron chi connectivity index (χ2n) is 8.95. The summed E-state index contributed by atoms with van der Waals surface area (Å²) in [6.07, 6.45) is 15.5. The average molecular weight is 359 g/mol. The van der Waals surface area contributed by atoms with Crippen molar-refractivity contribution < 1.29 is 4.79 Å². The average Bonchev–Trinajstić information content (AvgIpc) is 3.24. The lowest BCUT2D eigenvalue weighted by Crippen LogP contribution is -2.50. The Morgan fingerprint density at radius 1 is 1.15 bits per heavy atom. The van der Waals surface area contributed by atoms with Gasteiger partial charge >= 0.3 is 0 Å². The molecule has 3 aliphatic rings. The summed E-state index contributed by atoms with van der Waals surface area (Å²) in [5.74, 6) is 1.31. The Bertz CT molecular complexity index is 621. The van der Waals surface area contributed by atoms with Crippen molar-refractivity contribution in [2.75, 3.05) is 26.2 Å². The summed E-state index contributed by atoms with van der Waals surface area (Å²) in [7, 11) is 1.96. The standard InChI is InChI=1S/C21H34N4O/c1-23-15-19(14-22-23)16-24-13-10-21(17-24)9-5-11-25(20(21)26)12-8-18-6-3-2-4-7-18/h14-15,18H,2-13,16-17H2,1H3. The van der Waals surface area contributed by atoms with Crippen LogP contribution in [0.5, 0.6) is 0 Å². The minimum atomic E-state index is -0.104. The van der Waals surface area contributed by atoms with E-state index in [0.29, 0.717) is 5.91 Å². The molecule has 5 nitrogen and oxygen atoms in total. The first kappa shape index (κ1) is 18.0. The Hall–Kier alpha value is -1.36. The highest BCUT2D eigenvalue weighted by molar-refractivity contribution is 5.84. The summed E-state index contributed by atoms with van der Waals surface area (Å²) in [5, 5.41) is 4.27. The Morgan fingerprint density at radius 3 is 2.77 bits per heavy atom. The molecule has 2 aliphatic heterocycles. The number of carbonyl (C=O) groups is 1. The number of amides is 1. The first-order chi connectivity index (χ1) is 12.6. The van der Waals surface area contributed by atoms with Crippen molar-refractivity contribution in [1.29, 1.82) is 0 Å². The fraction of sp³-hybridized carbons (Fsp3) is 0.810. The van der Waals surface area contributed by atoms with Crippen molar-refractivity contribution >= 4 is 5.91 Å². The smallest absolute Gasteiger partial charge is 0.230 e. The Kier molecular flexibility index (Phi) is 5.35. The van der Waals surface area contributed by atoms with Crippen LogP contribution in [0.2, 0.25) is 0 Å². The SMILES string of the molecule is Cn1cc(CN2CCC3(CCCN(CCC4CCCCC4)C3=O)C2)cn1. The predicted molar refractivity (Wildman–Crippen MR) is 103 cm³/mol. The number of hydrogen-bond acceptors (Lipinski definition) is 3. The van der Waals surface area contributed by atoms with Crippen LogP contribution < -0.4 is 0 Å². The number of likely N-dealkylation sites (tertiary alicyclic amines) is 2. The van der Waals surface area contributed by atoms with E-state index < -0.39 is 0 Å². The van der Waals surface area contributed by atoms with Crippen LogP contribution in [0.3, 0.4) is 0 Å². The molecule has 1 aliphatic carbocycles. The predicted octanol–water partition coefficient (Wildman–Crippen LogP) is 3.21. The minimum Gasteiger partial charge on any atom is -0.342 e. The van der Waals surface area contributed by atoms with Crippen LogP contribution in [0.4, 0.5) is 0 Å². The van der Waals surface area contributed by atoms with Gasteiger partial charge in [-0.15, -0.1) is 0 Å². The Labute approximate surface area is 157 Å². The van der Waals surface area contributed by atoms with Crippen molar-refractivity contribution in [2.24, 2.45) is 18.4 Å². The largest absolute Gasteiger partial charge is 0.342 e. The molecular weight excluding hydrogens is 324 g/mol. The lowest BCUT2D eigenvalue weighted by atomic mass is 9.78. The number of aryl methyl sites for hydroxylation is 1. The molecule has 4 rings (SSSR count). The van der Waals surface area contributed by atoms with Gasteiger partial charge in [-0.3, -0.25) is 14.4 Å². The first-order valence-corrected chi connectivity index (χ1v) is 10.6. The minimum absolute atomic E-state index is 0.104. The highest BCUT2D eigenvalue weighted by atomic mass is 16.2. The summed E-state index contributed by atoms with van der Waals surface area (Å²) >= 11 is 0. The number of rotatable bonds is 5. The third-order valence-electron chi connectivity index (χ3n) is 6.95. The third-order valence-corrected chi connectivity index (χ3v) is 6.95. The summed E-state index contributed by atoms with van der Waals surface area (Å²) in [4.78, 5) is 18.0. The Morgan fingerprint density at radius 2 is 2.00 bits per heavy atom. The molecule has 5 heteroatoms. The molecule has 1 aromatic heterocycles. The Balaban J connectivity index is 1.33. The van der Waals surface area contributed by atoms with E-state index in [2.05, 4.69) is 21.1 Å². The summed E-state index contributed by atoms with van der Waals surface area (Å²) in [6.45, 7) is 4.87. The maximum atomic E-state index is 13.3. The molecule has 3 fully saturated rings. The topological polar surface area (TPSA) is 41.4 Å². The second-order valence-corrected chi connectivity index (χ2v) is 8.95. The first-order valence-electron chi connectivity index (χ1n) is 10.6. The van der Waals surface area contributed by atoms with E-state index >= 15 is 0 Å². The molecule has 26 heavy (non-hydrogen) atoms. The lowest BCUT2D eigenvalue weighted by Gasteiger charge is -2.40. The molecule has 1 saturated carbocycles. The van der Waals surface area contributed by atoms with Crippen LogP contribution in [0.25, 0.3) is 0 Å². The van der Waals surface area contributed by atoms with E-state index in [4.69, 9.17) is 0 Å². The molecule has 0 N–H and O–H groups in total. The molecule has 3 heterocycles. The van der Waals surface area contributed by atoms with Crippen LogP contribution in [0.1, 0.15) is 63.4 Å². The van der Waals surface area contributed by atoms with E-state index in [1.54, 1.807) is 0 Å². The summed E-state index contributed by atoms with van der Waals surface area (Å²) in [5.41, 5.74) is 1.15. The van der Waals surface area contributed by atoms with Crippen LogP contribution in [-0.2, 0) is 18.4 Å². The molecule has 0 bridgehead atoms. The lowest BCUT2D eigenvalue weighted by molar-refractivity contribution is -0.145. The molecule has 1 unspecified atom stereocenters. The molecule has 0 aromatic carbocycles. The summed E-state index contributed by atoms with van der Waals surface area (Å²) in [6, 6.07) is 0. The van der Waals surface area contributed by atoms with Gasteiger partial charge in [0.1, 0.15) is 0 Å². The fourth-order valence-corrected chi connectivity index (χ4v) is 5.46. The van der Waals surface area contributed by atoms with Crippen LogP contribution in [0, 0.1) is 11.3 Å². The number of piperidine rings is 1. The van der Waals surface area contributed by atoms with Gasteiger partial charge in [-0.2, -0.15) is 5.10 Å². The zero-order chi connectivity index (χ0) is 18.0. The highest BCUT2D eigenvalue weighted by Crippen LogP contribution is 2.41. The van der Waals surface area contributed by atoms with Crippen molar-refractivity contribution in [3.05, 3.63) is 18.0 Å². The zero-order valence-electron chi connectivity index (χ0n) is 16.3. The van der Waals surface area contributed by atoms with Crippen molar-refractivity contribution in [1.82, 2.24) is 19.6 Å². The van der Waals surface area contributed by atoms with Gasteiger partial charge in [0.25, 0.3) is 0 Å². The van der Waals surface area contributed by atoms with E-state index in [0.717, 1.165) is 51.5 Å². The second kappa shape index (κ2) is 7.71. The number of aromatic nitrogens is 2. The van der Waals surface area contributed by atoms with Gasteiger partial charge in [0.05, 0.1) is 11.6 Å². The van der Waals surface area contributed by atoms with Crippen LogP contribution in [0.15, 0.2) is 12.4 Å². The maximum Gasteiger partial charge on any atom is 0.230 e. The molecular formula is C21H34N4O. The highest BCUT2D eigenvalue weighted by Gasteiger charge is 2.48. The van der Waals surface area contributed by atoms with Crippen molar-refractivity contribution in [3.8, 4) is 0 Å². The van der Waals surface area contributed by atoms with Gasteiger partial charge in [-0.1, -0.05) is 32.1 Å². The molecule has 1 aromatic rings. The molecule has 1 spiro atoms. The number of nitrogens with zero attached hydrogens (tertiary/aromatic N) is 4. The molecule has 0 radical (unpaired) electrons. The van der Waals surface area contributed by atoms with Gasteiger partial charge in [0, 0.05) is 45.0 Å². The van der Waals surface area contributed by atoms with Crippen molar-refractivity contribution in [3.63, 3.8) is 0 Å². The molecule has 1 atom stereocenters. The normalized spacial score (nSPS) is 28.3. The summed E-state index contributed by atoms with van der Waals surface area (Å²) < 4.78 is 1.86. The van der Waals surface area contributed by atoms with Crippen LogP contribution >= 0.6 is 0 Å². The molecule has 144 valence electrons. The fourth-order valence-electron chi connectivity index (χ4n) is 5.46. The van der Waals surface area contributed by atoms with E-state index in [-0.39, 0.29) is 5.41 Å². The molecule has 1 amide bonds. The van der Waals surface area contributed by atoms with Gasteiger partial charge in [-0.25, -0.2) is 0 Å². The van der Waals surface area contributed by atoms with Gasteiger partial charge < -0.3 is 4.90 Å². The zero-order valence-corrected chi connectivity index (χ0v) is 16.3. The van der Waals surface area contributed by atoms with Gasteiger partial charge in [0.15, 0.2) is 0 Å².